The van der Waals surface area contributed by atoms with Gasteiger partial charge in [0.05, 0.1) is 6.61 Å². The van der Waals surface area contributed by atoms with Crippen molar-refractivity contribution in [3.05, 3.63) is 53.3 Å². The standard InChI is InChI=1S/C21H22O10/c22-8-16-17(26)18(27)19(28)21(31-16)30-15-7-12-13(25)5-11(24)6-14(12)29-20(15)9-1-3-10(23)4-2-9/h1-6,16-19,21-28H,7-8H2/t16-,17+,18+,19-,21-/m1/s1. The maximum Gasteiger partial charge on any atom is 0.228 e. The van der Waals surface area contributed by atoms with Crippen molar-refractivity contribution in [1.29, 1.82) is 0 Å². The minimum atomic E-state index is -1.64. The highest BCUT2D eigenvalue weighted by molar-refractivity contribution is 5.69. The van der Waals surface area contributed by atoms with Gasteiger partial charge in [-0.1, -0.05) is 0 Å². The van der Waals surface area contributed by atoms with Crippen molar-refractivity contribution in [2.45, 2.75) is 37.1 Å². The molecule has 2 aliphatic heterocycles. The number of ether oxygens (including phenoxy) is 3. The second kappa shape index (κ2) is 8.25. The molecule has 0 radical (unpaired) electrons. The van der Waals surface area contributed by atoms with Crippen molar-refractivity contribution in [3.8, 4) is 23.0 Å². The Labute approximate surface area is 176 Å². The fourth-order valence-electron chi connectivity index (χ4n) is 3.53. The van der Waals surface area contributed by atoms with Crippen LogP contribution in [-0.4, -0.2) is 73.1 Å². The van der Waals surface area contributed by atoms with E-state index in [1.165, 1.54) is 18.2 Å². The first-order chi connectivity index (χ1) is 14.8. The van der Waals surface area contributed by atoms with Crippen LogP contribution in [0.15, 0.2) is 42.2 Å². The summed E-state index contributed by atoms with van der Waals surface area (Å²) in [6.07, 6.45) is -7.45. The number of benzene rings is 2. The molecule has 0 bridgehead atoms. The zero-order valence-electron chi connectivity index (χ0n) is 16.1. The average Bonchev–Trinajstić information content (AvgIpc) is 2.74. The van der Waals surface area contributed by atoms with E-state index in [4.69, 9.17) is 14.2 Å². The summed E-state index contributed by atoms with van der Waals surface area (Å²) in [5.41, 5.74) is 0.783. The zero-order valence-corrected chi connectivity index (χ0v) is 16.1. The van der Waals surface area contributed by atoms with Gasteiger partial charge in [0.1, 0.15) is 53.2 Å². The molecule has 4 rings (SSSR count). The van der Waals surface area contributed by atoms with E-state index in [0.29, 0.717) is 11.1 Å². The van der Waals surface area contributed by atoms with Crippen LogP contribution in [0.5, 0.6) is 23.0 Å². The molecule has 2 heterocycles. The van der Waals surface area contributed by atoms with Gasteiger partial charge in [-0.3, -0.25) is 0 Å². The highest BCUT2D eigenvalue weighted by atomic mass is 16.7. The van der Waals surface area contributed by atoms with Crippen molar-refractivity contribution < 1.29 is 50.0 Å². The van der Waals surface area contributed by atoms with Crippen LogP contribution in [0.3, 0.4) is 0 Å². The summed E-state index contributed by atoms with van der Waals surface area (Å²) in [7, 11) is 0. The molecule has 10 heteroatoms. The Kier molecular flexibility index (Phi) is 5.65. The van der Waals surface area contributed by atoms with Crippen LogP contribution in [0.4, 0.5) is 0 Å². The molecular weight excluding hydrogens is 412 g/mol. The fourth-order valence-corrected chi connectivity index (χ4v) is 3.53. The molecule has 7 N–H and O–H groups in total. The van der Waals surface area contributed by atoms with Gasteiger partial charge in [0.15, 0.2) is 5.76 Å². The Morgan fingerprint density at radius 3 is 2.29 bits per heavy atom. The number of hydrogen-bond donors (Lipinski definition) is 7. The van der Waals surface area contributed by atoms with Gasteiger partial charge in [0, 0.05) is 29.7 Å². The topological polar surface area (TPSA) is 169 Å². The van der Waals surface area contributed by atoms with Crippen molar-refractivity contribution in [2.75, 3.05) is 6.61 Å². The van der Waals surface area contributed by atoms with Gasteiger partial charge < -0.3 is 50.0 Å². The van der Waals surface area contributed by atoms with Gasteiger partial charge in [-0.2, -0.15) is 0 Å². The van der Waals surface area contributed by atoms with E-state index in [9.17, 15) is 35.7 Å². The summed E-state index contributed by atoms with van der Waals surface area (Å²) in [5.74, 6) is 0.0289. The Morgan fingerprint density at radius 1 is 0.903 bits per heavy atom. The summed E-state index contributed by atoms with van der Waals surface area (Å²) < 4.78 is 17.1. The summed E-state index contributed by atoms with van der Waals surface area (Å²) >= 11 is 0. The predicted molar refractivity (Wildman–Crippen MR) is 104 cm³/mol. The van der Waals surface area contributed by atoms with Crippen LogP contribution in [-0.2, 0) is 15.9 Å². The Bertz CT molecular complexity index is 984. The molecule has 0 aliphatic carbocycles. The second-order valence-electron chi connectivity index (χ2n) is 7.33. The molecule has 2 aromatic carbocycles. The number of aromatic hydroxyl groups is 3. The first kappa shape index (κ1) is 21.2. The lowest BCUT2D eigenvalue weighted by molar-refractivity contribution is -0.291. The number of allylic oxidation sites excluding steroid dienone is 1. The third-order valence-electron chi connectivity index (χ3n) is 5.21. The highest BCUT2D eigenvalue weighted by Gasteiger charge is 2.45. The number of fused-ring (bicyclic) bond motifs is 1. The average molecular weight is 434 g/mol. The van der Waals surface area contributed by atoms with Crippen LogP contribution >= 0.6 is 0 Å². The van der Waals surface area contributed by atoms with Gasteiger partial charge in [-0.15, -0.1) is 0 Å². The molecule has 31 heavy (non-hydrogen) atoms. The maximum atomic E-state index is 10.3. The third kappa shape index (κ3) is 3.99. The van der Waals surface area contributed by atoms with Gasteiger partial charge in [-0.25, -0.2) is 0 Å². The molecule has 2 aliphatic rings. The Hall–Kier alpha value is -3.02. The van der Waals surface area contributed by atoms with Crippen molar-refractivity contribution in [3.63, 3.8) is 0 Å². The summed E-state index contributed by atoms with van der Waals surface area (Å²) in [4.78, 5) is 0. The number of aliphatic hydroxyl groups excluding tert-OH is 4. The van der Waals surface area contributed by atoms with Crippen molar-refractivity contribution in [2.24, 2.45) is 0 Å². The molecule has 5 atom stereocenters. The largest absolute Gasteiger partial charge is 0.508 e. The normalized spacial score (nSPS) is 28.1. The fraction of sp³-hybridized carbons (Fsp3) is 0.333. The molecule has 10 nitrogen and oxygen atoms in total. The highest BCUT2D eigenvalue weighted by Crippen LogP contribution is 2.42. The van der Waals surface area contributed by atoms with Crippen molar-refractivity contribution in [1.82, 2.24) is 0 Å². The van der Waals surface area contributed by atoms with Gasteiger partial charge in [0.25, 0.3) is 0 Å². The summed E-state index contributed by atoms with van der Waals surface area (Å²) in [5, 5.41) is 69.3. The maximum absolute atomic E-state index is 10.3. The van der Waals surface area contributed by atoms with E-state index in [0.717, 1.165) is 6.07 Å². The van der Waals surface area contributed by atoms with Crippen LogP contribution in [0.2, 0.25) is 0 Å². The second-order valence-corrected chi connectivity index (χ2v) is 7.33. The van der Waals surface area contributed by atoms with E-state index < -0.39 is 37.3 Å². The molecule has 0 spiro atoms. The Balaban J connectivity index is 1.72. The van der Waals surface area contributed by atoms with Crippen LogP contribution in [0.1, 0.15) is 11.1 Å². The van der Waals surface area contributed by atoms with E-state index in [-0.39, 0.29) is 40.9 Å². The zero-order chi connectivity index (χ0) is 22.3. The molecular formula is C21H22O10. The molecule has 0 amide bonds. The van der Waals surface area contributed by atoms with Gasteiger partial charge >= 0.3 is 0 Å². The number of rotatable bonds is 4. The quantitative estimate of drug-likeness (QED) is 0.346. The molecule has 0 aromatic heterocycles. The lowest BCUT2D eigenvalue weighted by atomic mass is 9.99. The van der Waals surface area contributed by atoms with Crippen LogP contribution in [0, 0.1) is 0 Å². The van der Waals surface area contributed by atoms with E-state index in [1.54, 1.807) is 12.1 Å². The van der Waals surface area contributed by atoms with Gasteiger partial charge in [-0.05, 0) is 24.3 Å². The summed E-state index contributed by atoms with van der Waals surface area (Å²) in [6, 6.07) is 8.41. The first-order valence-corrected chi connectivity index (χ1v) is 9.51. The third-order valence-corrected chi connectivity index (χ3v) is 5.21. The van der Waals surface area contributed by atoms with E-state index in [1.807, 2.05) is 0 Å². The number of phenolic OH excluding ortho intramolecular Hbond substituents is 3. The predicted octanol–water partition coefficient (Wildman–Crippen LogP) is -0.0764. The minimum absolute atomic E-state index is 0.0206. The number of phenols is 3. The molecule has 0 saturated carbocycles. The molecule has 0 unspecified atom stereocenters. The molecule has 2 aromatic rings. The minimum Gasteiger partial charge on any atom is -0.508 e. The van der Waals surface area contributed by atoms with Crippen LogP contribution in [0.25, 0.3) is 5.76 Å². The molecule has 1 saturated heterocycles. The summed E-state index contributed by atoms with van der Waals surface area (Å²) in [6.45, 7) is -0.617. The monoisotopic (exact) mass is 434 g/mol. The van der Waals surface area contributed by atoms with Crippen molar-refractivity contribution >= 4 is 5.76 Å². The number of aliphatic hydroxyl groups is 4. The lowest BCUT2D eigenvalue weighted by Gasteiger charge is -2.40. The smallest absolute Gasteiger partial charge is 0.228 e. The van der Waals surface area contributed by atoms with E-state index >= 15 is 0 Å². The van der Waals surface area contributed by atoms with Gasteiger partial charge in [0.2, 0.25) is 6.29 Å². The Morgan fingerprint density at radius 2 is 1.61 bits per heavy atom. The molecule has 1 fully saturated rings. The van der Waals surface area contributed by atoms with E-state index in [2.05, 4.69) is 0 Å². The number of hydrogen-bond acceptors (Lipinski definition) is 10. The first-order valence-electron chi connectivity index (χ1n) is 9.51. The SMILES string of the molecule is OC[C@H]1O[C@@H](OC2=C(c3ccc(O)cc3)Oc3cc(O)cc(O)c3C2)[C@H](O)[C@@H](O)[C@H]1O. The van der Waals surface area contributed by atoms with Crippen LogP contribution < -0.4 is 4.74 Å². The lowest BCUT2D eigenvalue weighted by Crippen LogP contribution is -2.59. The molecule has 166 valence electrons.